The maximum absolute atomic E-state index is 11.3. The molecule has 2 aromatic carbocycles. The minimum Gasteiger partial charge on any atom is -0.369 e. The van der Waals surface area contributed by atoms with Crippen LogP contribution in [0.3, 0.4) is 0 Å². The highest BCUT2D eigenvalue weighted by atomic mass is 32.1. The Morgan fingerprint density at radius 3 is 1.95 bits per heavy atom. The van der Waals surface area contributed by atoms with Crippen LogP contribution in [0.5, 0.6) is 0 Å². The van der Waals surface area contributed by atoms with Gasteiger partial charge < -0.3 is 5.73 Å². The van der Waals surface area contributed by atoms with E-state index in [0.717, 1.165) is 4.88 Å². The molecule has 0 aliphatic carbocycles. The summed E-state index contributed by atoms with van der Waals surface area (Å²) in [5.41, 5.74) is 9.01. The van der Waals surface area contributed by atoms with Crippen LogP contribution >= 0.6 is 11.3 Å². The topological polar surface area (TPSA) is 43.1 Å². The fourth-order valence-corrected chi connectivity index (χ4v) is 3.68. The second-order valence-corrected chi connectivity index (χ2v) is 6.20. The zero-order valence-electron chi connectivity index (χ0n) is 12.1. The predicted octanol–water partition coefficient (Wildman–Crippen LogP) is 3.96. The fraction of sp³-hybridized carbons (Fsp3) is 0.105. The quantitative estimate of drug-likeness (QED) is 0.762. The number of primary amides is 1. The molecule has 1 amide bonds. The maximum atomic E-state index is 11.3. The second-order valence-electron chi connectivity index (χ2n) is 5.20. The van der Waals surface area contributed by atoms with Crippen LogP contribution < -0.4 is 5.73 Å². The van der Waals surface area contributed by atoms with Gasteiger partial charge in [0.25, 0.3) is 0 Å². The first kappa shape index (κ1) is 14.5. The van der Waals surface area contributed by atoms with E-state index in [0.29, 0.717) is 6.42 Å². The number of carbonyl (C=O) groups is 1. The van der Waals surface area contributed by atoms with Crippen LogP contribution in [0.25, 0.3) is 0 Å². The van der Waals surface area contributed by atoms with Gasteiger partial charge in [-0.15, -0.1) is 11.3 Å². The number of hydrogen-bond acceptors (Lipinski definition) is 2. The van der Waals surface area contributed by atoms with Crippen molar-refractivity contribution in [3.8, 4) is 0 Å². The van der Waals surface area contributed by atoms with Crippen LogP contribution in [0.2, 0.25) is 0 Å². The summed E-state index contributed by atoms with van der Waals surface area (Å²) in [6.07, 6.45) is 0.295. The molecule has 0 radical (unpaired) electrons. The normalized spacial score (nSPS) is 10.8. The van der Waals surface area contributed by atoms with Crippen molar-refractivity contribution in [3.63, 3.8) is 0 Å². The molecule has 1 aromatic heterocycles. The van der Waals surface area contributed by atoms with Gasteiger partial charge in [-0.1, -0.05) is 60.7 Å². The molecule has 110 valence electrons. The molecule has 1 heterocycles. The number of nitrogens with two attached hydrogens (primary N) is 1. The monoisotopic (exact) mass is 307 g/mol. The molecule has 0 unspecified atom stereocenters. The zero-order chi connectivity index (χ0) is 15.4. The number of benzene rings is 2. The summed E-state index contributed by atoms with van der Waals surface area (Å²) in [6, 6.07) is 22.8. The molecule has 0 aliphatic heterocycles. The molecule has 0 fully saturated rings. The van der Waals surface area contributed by atoms with E-state index < -0.39 is 0 Å². The minimum atomic E-state index is -0.288. The van der Waals surface area contributed by atoms with E-state index in [2.05, 4.69) is 30.3 Å². The van der Waals surface area contributed by atoms with Crippen molar-refractivity contribution in [2.75, 3.05) is 0 Å². The van der Waals surface area contributed by atoms with Crippen LogP contribution in [0.4, 0.5) is 0 Å². The Labute approximate surface area is 134 Å². The van der Waals surface area contributed by atoms with Gasteiger partial charge in [-0.2, -0.15) is 0 Å². The van der Waals surface area contributed by atoms with E-state index in [1.165, 1.54) is 16.7 Å². The van der Waals surface area contributed by atoms with Crippen LogP contribution in [0, 0.1) is 0 Å². The lowest BCUT2D eigenvalue weighted by molar-refractivity contribution is -0.117. The van der Waals surface area contributed by atoms with Crippen LogP contribution in [-0.4, -0.2) is 5.91 Å². The zero-order valence-corrected chi connectivity index (χ0v) is 12.9. The van der Waals surface area contributed by atoms with Crippen molar-refractivity contribution in [1.29, 1.82) is 0 Å². The van der Waals surface area contributed by atoms with Gasteiger partial charge >= 0.3 is 0 Å². The first-order chi connectivity index (χ1) is 10.8. The summed E-state index contributed by atoms with van der Waals surface area (Å²) in [5, 5.41) is 2.03. The van der Waals surface area contributed by atoms with Gasteiger partial charge in [0.15, 0.2) is 0 Å². The van der Waals surface area contributed by atoms with E-state index in [1.54, 1.807) is 11.3 Å². The van der Waals surface area contributed by atoms with Gasteiger partial charge in [0.05, 0.1) is 6.42 Å². The van der Waals surface area contributed by atoms with E-state index in [9.17, 15) is 4.79 Å². The highest BCUT2D eigenvalue weighted by Crippen LogP contribution is 2.36. The first-order valence-corrected chi connectivity index (χ1v) is 8.08. The van der Waals surface area contributed by atoms with Crippen LogP contribution in [-0.2, 0) is 11.2 Å². The molecule has 3 aromatic rings. The molecule has 0 saturated carbocycles. The summed E-state index contributed by atoms with van der Waals surface area (Å²) in [7, 11) is 0. The number of amides is 1. The molecule has 0 spiro atoms. The molecular formula is C19H17NOS. The van der Waals surface area contributed by atoms with E-state index in [4.69, 9.17) is 5.73 Å². The third kappa shape index (κ3) is 3.10. The molecule has 0 bridgehead atoms. The maximum Gasteiger partial charge on any atom is 0.222 e. The Morgan fingerprint density at radius 1 is 0.909 bits per heavy atom. The van der Waals surface area contributed by atoms with Crippen molar-refractivity contribution in [2.45, 2.75) is 12.3 Å². The van der Waals surface area contributed by atoms with Gasteiger partial charge in [0.2, 0.25) is 5.91 Å². The van der Waals surface area contributed by atoms with E-state index >= 15 is 0 Å². The van der Waals surface area contributed by atoms with E-state index in [1.807, 2.05) is 41.8 Å². The Hall–Kier alpha value is -2.39. The van der Waals surface area contributed by atoms with Gasteiger partial charge in [0.1, 0.15) is 0 Å². The highest BCUT2D eigenvalue weighted by molar-refractivity contribution is 7.10. The third-order valence-electron chi connectivity index (χ3n) is 3.69. The summed E-state index contributed by atoms with van der Waals surface area (Å²) in [5.74, 6) is -0.161. The van der Waals surface area contributed by atoms with Crippen molar-refractivity contribution in [2.24, 2.45) is 5.73 Å². The van der Waals surface area contributed by atoms with Crippen LogP contribution in [0.15, 0.2) is 72.1 Å². The molecule has 2 nitrogen and oxygen atoms in total. The Kier molecular flexibility index (Phi) is 4.35. The number of carbonyl (C=O) groups excluding carboxylic acids is 1. The van der Waals surface area contributed by atoms with E-state index in [-0.39, 0.29) is 11.8 Å². The fourth-order valence-electron chi connectivity index (χ4n) is 2.75. The minimum absolute atomic E-state index is 0.128. The molecule has 3 rings (SSSR count). The van der Waals surface area contributed by atoms with Crippen molar-refractivity contribution in [3.05, 3.63) is 93.7 Å². The smallest absolute Gasteiger partial charge is 0.222 e. The molecule has 0 saturated heterocycles. The van der Waals surface area contributed by atoms with Gasteiger partial charge in [0, 0.05) is 10.8 Å². The molecule has 0 aliphatic rings. The Balaban J connectivity index is 2.11. The van der Waals surface area contributed by atoms with Crippen LogP contribution in [0.1, 0.15) is 27.5 Å². The largest absolute Gasteiger partial charge is 0.369 e. The van der Waals surface area contributed by atoms with Gasteiger partial charge in [-0.3, -0.25) is 4.79 Å². The average molecular weight is 307 g/mol. The predicted molar refractivity (Wildman–Crippen MR) is 91.0 cm³/mol. The molecular weight excluding hydrogens is 290 g/mol. The standard InChI is InChI=1S/C19H17NOS/c20-18(21)13-17-16(11-12-22-17)19(14-7-3-1-4-8-14)15-9-5-2-6-10-15/h1-12,19H,13H2,(H2,20,21). The van der Waals surface area contributed by atoms with Gasteiger partial charge in [-0.25, -0.2) is 0 Å². The lowest BCUT2D eigenvalue weighted by Gasteiger charge is -2.19. The summed E-state index contributed by atoms with van der Waals surface area (Å²) in [4.78, 5) is 12.4. The molecule has 22 heavy (non-hydrogen) atoms. The average Bonchev–Trinajstić information content (AvgIpc) is 2.97. The molecule has 3 heteroatoms. The Morgan fingerprint density at radius 2 is 1.45 bits per heavy atom. The summed E-state index contributed by atoms with van der Waals surface area (Å²) < 4.78 is 0. The molecule has 0 atom stereocenters. The lowest BCUT2D eigenvalue weighted by atomic mass is 9.85. The Bertz CT molecular complexity index is 710. The second kappa shape index (κ2) is 6.58. The van der Waals surface area contributed by atoms with Crippen molar-refractivity contribution in [1.82, 2.24) is 0 Å². The third-order valence-corrected chi connectivity index (χ3v) is 4.63. The first-order valence-electron chi connectivity index (χ1n) is 7.20. The summed E-state index contributed by atoms with van der Waals surface area (Å²) >= 11 is 1.59. The molecule has 2 N–H and O–H groups in total. The number of hydrogen-bond donors (Lipinski definition) is 1. The summed E-state index contributed by atoms with van der Waals surface area (Å²) in [6.45, 7) is 0. The van der Waals surface area contributed by atoms with Crippen molar-refractivity contribution < 1.29 is 4.79 Å². The SMILES string of the molecule is NC(=O)Cc1sccc1C(c1ccccc1)c1ccccc1. The number of thiophene rings is 1. The lowest BCUT2D eigenvalue weighted by Crippen LogP contribution is -2.15. The highest BCUT2D eigenvalue weighted by Gasteiger charge is 2.21. The number of rotatable bonds is 5. The van der Waals surface area contributed by atoms with Crippen molar-refractivity contribution >= 4 is 17.2 Å². The van der Waals surface area contributed by atoms with Gasteiger partial charge in [-0.05, 0) is 28.1 Å².